The molecule has 1 saturated heterocycles. The van der Waals surface area contributed by atoms with E-state index in [0.717, 1.165) is 4.90 Å². The van der Waals surface area contributed by atoms with Gasteiger partial charge in [-0.15, -0.1) is 0 Å². The van der Waals surface area contributed by atoms with E-state index in [1.807, 2.05) is 0 Å². The van der Waals surface area contributed by atoms with E-state index in [1.165, 1.54) is 18.2 Å². The van der Waals surface area contributed by atoms with Crippen LogP contribution < -0.4 is 26.4 Å². The molecule has 0 aromatic heterocycles. The molecule has 278 valence electrons. The highest BCUT2D eigenvalue weighted by Gasteiger charge is 2.34. The summed E-state index contributed by atoms with van der Waals surface area (Å²) in [5, 5.41) is 26.7. The number of amides is 6. The maximum absolute atomic E-state index is 13.0. The Labute approximate surface area is 295 Å². The van der Waals surface area contributed by atoms with Crippen LogP contribution in [-0.4, -0.2) is 100 Å². The van der Waals surface area contributed by atoms with E-state index in [2.05, 4.69) is 28.6 Å². The zero-order valence-corrected chi connectivity index (χ0v) is 29.2. The number of nitrogens with one attached hydrogen (secondary N) is 3. The molecule has 0 radical (unpaired) electrons. The normalized spacial score (nSPS) is 18.2. The highest BCUT2D eigenvalue weighted by Crippen LogP contribution is 2.31. The molecule has 50 heavy (non-hydrogen) atoms. The van der Waals surface area contributed by atoms with Gasteiger partial charge in [0.2, 0.25) is 36.3 Å². The monoisotopic (exact) mass is 725 g/mol. The van der Waals surface area contributed by atoms with Crippen molar-refractivity contribution in [3.63, 3.8) is 0 Å². The van der Waals surface area contributed by atoms with Gasteiger partial charge in [0, 0.05) is 25.8 Å². The first kappa shape index (κ1) is 41.7. The maximum atomic E-state index is 13.0. The molecule has 5 unspecified atom stereocenters. The van der Waals surface area contributed by atoms with E-state index in [9.17, 15) is 43.8 Å². The molecule has 0 saturated carbocycles. The van der Waals surface area contributed by atoms with Crippen molar-refractivity contribution in [2.45, 2.75) is 102 Å². The number of benzene rings is 1. The number of aliphatic hydroxyl groups is 1. The van der Waals surface area contributed by atoms with Gasteiger partial charge in [0.15, 0.2) is 6.10 Å². The van der Waals surface area contributed by atoms with E-state index in [4.69, 9.17) is 19.9 Å². The van der Waals surface area contributed by atoms with Gasteiger partial charge >= 0.3 is 12.1 Å². The molecule has 1 aromatic rings. The number of hydrogen-bond donors (Lipinski definition) is 7. The van der Waals surface area contributed by atoms with Gasteiger partial charge in [-0.3, -0.25) is 28.9 Å². The lowest BCUT2D eigenvalue weighted by Gasteiger charge is -2.31. The van der Waals surface area contributed by atoms with Crippen molar-refractivity contribution < 1.29 is 58.0 Å². The number of aliphatic hydroxyl groups excluding tert-OH is 1. The lowest BCUT2D eigenvalue weighted by Crippen LogP contribution is -2.51. The first-order valence-electron chi connectivity index (χ1n) is 16.2. The van der Waals surface area contributed by atoms with E-state index < -0.39 is 60.2 Å². The number of carbonyl (C=O) groups excluding carboxylic acids is 6. The summed E-state index contributed by atoms with van der Waals surface area (Å²) < 4.78 is 16.0. The lowest BCUT2D eigenvalue weighted by atomic mass is 10.0. The number of aliphatic carboxylic acids is 1. The molecule has 5 atom stereocenters. The number of ether oxygens (including phenoxy) is 3. The summed E-state index contributed by atoms with van der Waals surface area (Å²) >= 11 is 4.17. The second kappa shape index (κ2) is 20.9. The number of nitrogens with zero attached hydrogens (tertiary/aromatic N) is 1. The van der Waals surface area contributed by atoms with Crippen molar-refractivity contribution in [3.8, 4) is 5.75 Å². The Kier molecular flexibility index (Phi) is 17.5. The molecule has 1 aromatic carbocycles. The third kappa shape index (κ3) is 14.2. The van der Waals surface area contributed by atoms with Crippen LogP contribution in [0.5, 0.6) is 5.75 Å². The average molecular weight is 726 g/mol. The molecule has 0 aliphatic carbocycles. The van der Waals surface area contributed by atoms with Gasteiger partial charge in [-0.1, -0.05) is 33.3 Å². The summed E-state index contributed by atoms with van der Waals surface area (Å²) in [4.78, 5) is 85.4. The van der Waals surface area contributed by atoms with Crippen LogP contribution in [0.2, 0.25) is 0 Å². The summed E-state index contributed by atoms with van der Waals surface area (Å²) in [6.45, 7) is 4.74. The molecule has 1 aliphatic heterocycles. The molecule has 6 amide bonds. The Morgan fingerprint density at radius 2 is 1.84 bits per heavy atom. The van der Waals surface area contributed by atoms with Crippen molar-refractivity contribution in [3.05, 3.63) is 23.8 Å². The largest absolute Gasteiger partial charge is 0.479 e. The molecular weight excluding hydrogens is 678 g/mol. The number of anilines is 1. The van der Waals surface area contributed by atoms with Gasteiger partial charge in [0.25, 0.3) is 0 Å². The second-order valence-electron chi connectivity index (χ2n) is 12.0. The number of unbranched alkanes of at least 4 members (excludes halogenated alkanes) is 2. The van der Waals surface area contributed by atoms with Gasteiger partial charge in [-0.25, -0.2) is 9.59 Å². The fourth-order valence-corrected chi connectivity index (χ4v) is 4.97. The minimum Gasteiger partial charge on any atom is -0.479 e. The zero-order valence-electron chi connectivity index (χ0n) is 28.3. The second-order valence-corrected chi connectivity index (χ2v) is 12.6. The number of carbonyl (C=O) groups is 7. The summed E-state index contributed by atoms with van der Waals surface area (Å²) in [6, 6.07) is 3.40. The van der Waals surface area contributed by atoms with Gasteiger partial charge in [-0.05, 0) is 42.9 Å². The number of imide groups is 1. The third-order valence-corrected chi connectivity index (χ3v) is 8.16. The number of primary amides is 1. The standard InChI is InChI=1S/C32H47N5O12S/c1-4-24(50)30(43)37(17-38)11-7-5-6-8-25(40)36-28(18(2)3)29(42)34-15-26(41)35-21-10-9-19(16-47-32(33)46)12-22(21)48-27-14-20(39)13-23(49-27)31(44)45/h9-10,12,17-18,20,23-24,27-28,39,50H,4-8,11,13-16H2,1-3H3,(H2,33,46)(H,34,42)(H,35,41)(H,36,40)(H,44,45). The molecule has 1 fully saturated rings. The number of hydrogen-bond acceptors (Lipinski definition) is 12. The molecule has 0 spiro atoms. The Hall–Kier alpha value is -4.42. The highest BCUT2D eigenvalue weighted by molar-refractivity contribution is 7.81. The van der Waals surface area contributed by atoms with E-state index in [1.54, 1.807) is 20.8 Å². The number of thiol groups is 1. The predicted molar refractivity (Wildman–Crippen MR) is 181 cm³/mol. The van der Waals surface area contributed by atoms with Gasteiger partial charge in [-0.2, -0.15) is 12.6 Å². The van der Waals surface area contributed by atoms with Crippen LogP contribution in [0.3, 0.4) is 0 Å². The number of carboxylic acids is 1. The van der Waals surface area contributed by atoms with E-state index in [-0.39, 0.29) is 61.6 Å². The van der Waals surface area contributed by atoms with Crippen LogP contribution in [0.25, 0.3) is 0 Å². The fourth-order valence-electron chi connectivity index (χ4n) is 4.83. The van der Waals surface area contributed by atoms with Crippen molar-refractivity contribution in [1.82, 2.24) is 15.5 Å². The summed E-state index contributed by atoms with van der Waals surface area (Å²) in [7, 11) is 0. The number of nitrogens with two attached hydrogens (primary N) is 1. The molecule has 1 heterocycles. The van der Waals surface area contributed by atoms with Crippen LogP contribution in [0.15, 0.2) is 18.2 Å². The van der Waals surface area contributed by atoms with Gasteiger partial charge < -0.3 is 46.1 Å². The minimum atomic E-state index is -1.32. The molecule has 0 bridgehead atoms. The summed E-state index contributed by atoms with van der Waals surface area (Å²) in [6.07, 6.45) is -2.17. The molecule has 17 nitrogen and oxygen atoms in total. The Bertz CT molecular complexity index is 1360. The summed E-state index contributed by atoms with van der Waals surface area (Å²) in [5.74, 6) is -3.62. The van der Waals surface area contributed by atoms with Crippen molar-refractivity contribution in [2.24, 2.45) is 11.7 Å². The molecule has 18 heteroatoms. The van der Waals surface area contributed by atoms with Crippen LogP contribution in [0.4, 0.5) is 10.5 Å². The van der Waals surface area contributed by atoms with Crippen LogP contribution in [0, 0.1) is 5.92 Å². The summed E-state index contributed by atoms with van der Waals surface area (Å²) in [5.41, 5.74) is 5.55. The van der Waals surface area contributed by atoms with Crippen LogP contribution in [-0.2, 0) is 44.8 Å². The quantitative estimate of drug-likeness (QED) is 0.0566. The SMILES string of the molecule is CCC(S)C(=O)N(C=O)CCCCCC(=O)NC(C(=O)NCC(=O)Nc1ccc(COC(N)=O)cc1OC1CC(O)CC(C(=O)O)O1)C(C)C. The smallest absolute Gasteiger partial charge is 0.404 e. The first-order chi connectivity index (χ1) is 23.6. The molecular formula is C32H47N5O12S. The van der Waals surface area contributed by atoms with E-state index in [0.29, 0.717) is 37.7 Å². The number of rotatable bonds is 20. The predicted octanol–water partition coefficient (Wildman–Crippen LogP) is 1.06. The zero-order chi connectivity index (χ0) is 37.4. The number of carboxylic acid groups (broad SMARTS) is 1. The van der Waals surface area contributed by atoms with Crippen LogP contribution >= 0.6 is 12.6 Å². The van der Waals surface area contributed by atoms with Crippen molar-refractivity contribution in [2.75, 3.05) is 18.4 Å². The van der Waals surface area contributed by atoms with E-state index >= 15 is 0 Å². The molecule has 7 N–H and O–H groups in total. The lowest BCUT2D eigenvalue weighted by molar-refractivity contribution is -0.195. The Morgan fingerprint density at radius 1 is 1.12 bits per heavy atom. The topological polar surface area (TPSA) is 253 Å². The van der Waals surface area contributed by atoms with Crippen molar-refractivity contribution in [1.29, 1.82) is 0 Å². The Balaban J connectivity index is 1.95. The van der Waals surface area contributed by atoms with Gasteiger partial charge in [0.1, 0.15) is 18.4 Å². The van der Waals surface area contributed by atoms with Crippen LogP contribution in [0.1, 0.15) is 71.3 Å². The minimum absolute atomic E-state index is 0.00290. The molecule has 2 rings (SSSR count). The van der Waals surface area contributed by atoms with Gasteiger partial charge in [0.05, 0.1) is 23.6 Å². The molecule has 1 aliphatic rings. The fraction of sp³-hybridized carbons (Fsp3) is 0.594. The third-order valence-electron chi connectivity index (χ3n) is 7.58. The average Bonchev–Trinajstić information content (AvgIpc) is 3.06. The Morgan fingerprint density at radius 3 is 2.46 bits per heavy atom. The highest BCUT2D eigenvalue weighted by atomic mass is 32.1. The van der Waals surface area contributed by atoms with Crippen molar-refractivity contribution >= 4 is 60.4 Å². The maximum Gasteiger partial charge on any atom is 0.404 e. The first-order valence-corrected chi connectivity index (χ1v) is 16.8.